The number of carbonyl (C=O) groups is 2. The molecule has 2 aliphatic heterocycles. The van der Waals surface area contributed by atoms with Crippen LogP contribution in [0.2, 0.25) is 0 Å². The molecule has 0 radical (unpaired) electrons. The molecule has 0 saturated heterocycles. The van der Waals surface area contributed by atoms with E-state index in [9.17, 15) is 14.7 Å². The summed E-state index contributed by atoms with van der Waals surface area (Å²) >= 11 is 1.11. The molecule has 0 spiro atoms. The Balaban J connectivity index is 1.47. The van der Waals surface area contributed by atoms with Crippen LogP contribution in [0.1, 0.15) is 34.0 Å². The fraction of sp³-hybridized carbons (Fsp3) is 0.185. The second-order valence-electron chi connectivity index (χ2n) is 8.52. The summed E-state index contributed by atoms with van der Waals surface area (Å²) in [5.74, 6) is -2.15. The Morgan fingerprint density at radius 2 is 1.81 bits per heavy atom. The van der Waals surface area contributed by atoms with E-state index >= 15 is 0 Å². The van der Waals surface area contributed by atoms with Crippen LogP contribution in [0, 0.1) is 0 Å². The summed E-state index contributed by atoms with van der Waals surface area (Å²) in [4.78, 5) is 25.4. The molecule has 0 aliphatic carbocycles. The van der Waals surface area contributed by atoms with E-state index in [2.05, 4.69) is 8.75 Å². The maximum absolute atomic E-state index is 13.3. The summed E-state index contributed by atoms with van der Waals surface area (Å²) in [5.41, 5.74) is 4.03. The van der Waals surface area contributed by atoms with Crippen molar-refractivity contribution >= 4 is 40.3 Å². The number of hydrogen-bond acceptors (Lipinski definition) is 10. The summed E-state index contributed by atoms with van der Waals surface area (Å²) in [6.45, 7) is 2.06. The molecule has 6 rings (SSSR count). The van der Waals surface area contributed by atoms with Crippen LogP contribution in [0.25, 0.3) is 16.6 Å². The maximum atomic E-state index is 13.3. The first-order valence-electron chi connectivity index (χ1n) is 11.5. The quantitative estimate of drug-likeness (QED) is 0.380. The second kappa shape index (κ2) is 8.99. The number of nitrogens with zero attached hydrogens (tertiary/aromatic N) is 2. The van der Waals surface area contributed by atoms with Gasteiger partial charge in [-0.25, -0.2) is 9.59 Å². The van der Waals surface area contributed by atoms with Crippen LogP contribution in [-0.4, -0.2) is 39.2 Å². The van der Waals surface area contributed by atoms with Crippen LogP contribution in [-0.2, 0) is 26.5 Å². The van der Waals surface area contributed by atoms with Crippen molar-refractivity contribution in [3.63, 3.8) is 0 Å². The highest BCUT2D eigenvalue weighted by atomic mass is 32.1. The van der Waals surface area contributed by atoms with Gasteiger partial charge in [0.2, 0.25) is 6.79 Å². The third kappa shape index (κ3) is 4.00. The van der Waals surface area contributed by atoms with Crippen LogP contribution >= 0.6 is 11.7 Å². The summed E-state index contributed by atoms with van der Waals surface area (Å²) in [6.07, 6.45) is 0.194. The van der Waals surface area contributed by atoms with E-state index in [1.807, 2.05) is 18.2 Å². The molecule has 1 atom stereocenters. The molecule has 0 amide bonds. The van der Waals surface area contributed by atoms with Crippen molar-refractivity contribution < 1.29 is 33.6 Å². The van der Waals surface area contributed by atoms with Gasteiger partial charge in [-0.15, -0.1) is 0 Å². The van der Waals surface area contributed by atoms with Gasteiger partial charge in [0.25, 0.3) is 5.79 Å². The topological polar surface area (TPSA) is 117 Å². The highest BCUT2D eigenvalue weighted by Gasteiger charge is 2.48. The average molecular weight is 517 g/mol. The van der Waals surface area contributed by atoms with Crippen molar-refractivity contribution in [2.45, 2.75) is 19.1 Å². The van der Waals surface area contributed by atoms with Crippen molar-refractivity contribution in [1.29, 1.82) is 0 Å². The van der Waals surface area contributed by atoms with E-state index in [1.54, 1.807) is 37.3 Å². The van der Waals surface area contributed by atoms with Gasteiger partial charge in [0.05, 0.1) is 29.5 Å². The van der Waals surface area contributed by atoms with E-state index < -0.39 is 17.7 Å². The number of ether oxygens (including phenoxy) is 4. The number of aromatic nitrogens is 2. The Bertz CT molecular complexity index is 1580. The van der Waals surface area contributed by atoms with Gasteiger partial charge in [-0.2, -0.15) is 8.75 Å². The van der Waals surface area contributed by atoms with Crippen LogP contribution in [0.4, 0.5) is 0 Å². The molecular formula is C27H20N2O7S. The Morgan fingerprint density at radius 1 is 1.03 bits per heavy atom. The van der Waals surface area contributed by atoms with Gasteiger partial charge in [0, 0.05) is 17.6 Å². The van der Waals surface area contributed by atoms with Crippen molar-refractivity contribution in [3.05, 3.63) is 88.5 Å². The number of fused-ring (bicyclic) bond motifs is 2. The Morgan fingerprint density at radius 3 is 2.62 bits per heavy atom. The number of cyclic esters (lactones) is 1. The zero-order valence-electron chi connectivity index (χ0n) is 19.6. The van der Waals surface area contributed by atoms with Gasteiger partial charge in [0.1, 0.15) is 11.0 Å². The molecule has 1 unspecified atom stereocenters. The standard InChI is InChI=1S/C27H20N2O7S/c1-2-33-25(30)16-4-7-18(8-5-16)27(32)19(11-15-3-9-20-21(12-15)29-37-28-20)24(26(31)36-27)17-6-10-22-23(13-17)35-14-34-22/h3-10,12-13,32H,2,11,14H2,1H3. The lowest BCUT2D eigenvalue weighted by atomic mass is 9.87. The fourth-order valence-electron chi connectivity index (χ4n) is 4.51. The van der Waals surface area contributed by atoms with Crippen LogP contribution in [0.3, 0.4) is 0 Å². The van der Waals surface area contributed by atoms with Crippen LogP contribution in [0.15, 0.2) is 66.2 Å². The third-order valence-electron chi connectivity index (χ3n) is 6.30. The molecule has 37 heavy (non-hydrogen) atoms. The van der Waals surface area contributed by atoms with Gasteiger partial charge >= 0.3 is 11.9 Å². The van der Waals surface area contributed by atoms with Crippen molar-refractivity contribution in [1.82, 2.24) is 8.75 Å². The van der Waals surface area contributed by atoms with E-state index in [0.717, 1.165) is 28.3 Å². The molecule has 186 valence electrons. The minimum Gasteiger partial charge on any atom is -0.462 e. The lowest BCUT2D eigenvalue weighted by Gasteiger charge is -2.26. The number of rotatable bonds is 6. The third-order valence-corrected chi connectivity index (χ3v) is 6.86. The largest absolute Gasteiger partial charge is 0.462 e. The lowest BCUT2D eigenvalue weighted by Crippen LogP contribution is -2.30. The average Bonchev–Trinajstić information content (AvgIpc) is 3.62. The van der Waals surface area contributed by atoms with Crippen LogP contribution in [0.5, 0.6) is 11.5 Å². The maximum Gasteiger partial charge on any atom is 0.342 e. The van der Waals surface area contributed by atoms with Crippen molar-refractivity contribution in [2.24, 2.45) is 0 Å². The second-order valence-corrected chi connectivity index (χ2v) is 9.05. The van der Waals surface area contributed by atoms with E-state index in [4.69, 9.17) is 18.9 Å². The molecular weight excluding hydrogens is 496 g/mol. The highest BCUT2D eigenvalue weighted by Crippen LogP contribution is 2.46. The van der Waals surface area contributed by atoms with Gasteiger partial charge in [-0.1, -0.05) is 24.3 Å². The molecule has 10 heteroatoms. The monoisotopic (exact) mass is 516 g/mol. The molecule has 1 aromatic heterocycles. The predicted molar refractivity (Wildman–Crippen MR) is 133 cm³/mol. The molecule has 2 aliphatic rings. The molecule has 9 nitrogen and oxygen atoms in total. The first-order chi connectivity index (χ1) is 18.0. The Kier molecular flexibility index (Phi) is 5.62. The van der Waals surface area contributed by atoms with E-state index in [0.29, 0.717) is 33.8 Å². The number of esters is 2. The number of carbonyl (C=O) groups excluding carboxylic acids is 2. The fourth-order valence-corrected chi connectivity index (χ4v) is 5.03. The van der Waals surface area contributed by atoms with E-state index in [-0.39, 0.29) is 25.4 Å². The summed E-state index contributed by atoms with van der Waals surface area (Å²) < 4.78 is 30.1. The molecule has 0 saturated carbocycles. The van der Waals surface area contributed by atoms with Crippen LogP contribution < -0.4 is 9.47 Å². The van der Waals surface area contributed by atoms with Gasteiger partial charge in [-0.05, 0) is 54.4 Å². The zero-order chi connectivity index (χ0) is 25.6. The molecule has 4 aromatic rings. The van der Waals surface area contributed by atoms with Crippen molar-refractivity contribution in [2.75, 3.05) is 13.4 Å². The van der Waals surface area contributed by atoms with Gasteiger partial charge in [0.15, 0.2) is 11.5 Å². The zero-order valence-corrected chi connectivity index (χ0v) is 20.4. The minimum atomic E-state index is -2.06. The number of aliphatic hydroxyl groups is 1. The molecule has 3 heterocycles. The SMILES string of the molecule is CCOC(=O)c1ccc(C2(O)OC(=O)C(c3ccc4c(c3)OCO4)=C2Cc2ccc3nsnc3c2)cc1. The Labute approximate surface area is 215 Å². The van der Waals surface area contributed by atoms with Crippen molar-refractivity contribution in [3.8, 4) is 11.5 Å². The summed E-state index contributed by atoms with van der Waals surface area (Å²) in [6, 6.07) is 16.9. The molecule has 1 N–H and O–H groups in total. The molecule has 0 fully saturated rings. The molecule has 0 bridgehead atoms. The molecule has 3 aromatic carbocycles. The summed E-state index contributed by atoms with van der Waals surface area (Å²) in [7, 11) is 0. The summed E-state index contributed by atoms with van der Waals surface area (Å²) in [5, 5.41) is 11.9. The number of hydrogen-bond donors (Lipinski definition) is 1. The predicted octanol–water partition coefficient (Wildman–Crippen LogP) is 4.00. The lowest BCUT2D eigenvalue weighted by molar-refractivity contribution is -0.185. The Hall–Kier alpha value is -4.28. The first-order valence-corrected chi connectivity index (χ1v) is 12.3. The van der Waals surface area contributed by atoms with Gasteiger partial charge in [-0.3, -0.25) is 0 Å². The minimum absolute atomic E-state index is 0.0909. The highest BCUT2D eigenvalue weighted by molar-refractivity contribution is 7.00. The van der Waals surface area contributed by atoms with Gasteiger partial charge < -0.3 is 24.1 Å². The smallest absolute Gasteiger partial charge is 0.342 e. The first kappa shape index (κ1) is 23.1. The van der Waals surface area contributed by atoms with E-state index in [1.165, 1.54) is 12.1 Å². The normalized spacial score (nSPS) is 18.4. The number of benzene rings is 3.